The summed E-state index contributed by atoms with van der Waals surface area (Å²) in [4.78, 5) is 17.9. The quantitative estimate of drug-likeness (QED) is 0.696. The standard InChI is InChI=1S/C22H21FN4O2/c1-27-19(4-3-11-24)26-21(15-5-6-16(13-25)18(23)12-15)20(22(27)28)14-7-9-17(29-2)10-8-14/h5-10,12H,3-4,11,24H2,1-2H3. The van der Waals surface area contributed by atoms with Gasteiger partial charge in [0.1, 0.15) is 23.5 Å². The number of nitrogens with two attached hydrogens (primary N) is 1. The van der Waals surface area contributed by atoms with Gasteiger partial charge in [-0.05, 0) is 42.8 Å². The zero-order valence-electron chi connectivity index (χ0n) is 16.3. The highest BCUT2D eigenvalue weighted by molar-refractivity contribution is 5.80. The Bertz CT molecular complexity index is 1130. The van der Waals surface area contributed by atoms with E-state index in [2.05, 4.69) is 4.98 Å². The molecule has 3 rings (SSSR count). The molecule has 0 radical (unpaired) electrons. The molecule has 1 heterocycles. The molecule has 0 amide bonds. The average Bonchev–Trinajstić information content (AvgIpc) is 2.74. The lowest BCUT2D eigenvalue weighted by Crippen LogP contribution is -2.25. The second kappa shape index (κ2) is 8.67. The first-order valence-electron chi connectivity index (χ1n) is 9.14. The molecule has 0 bridgehead atoms. The highest BCUT2D eigenvalue weighted by Gasteiger charge is 2.19. The zero-order valence-corrected chi connectivity index (χ0v) is 16.3. The van der Waals surface area contributed by atoms with E-state index < -0.39 is 5.82 Å². The van der Waals surface area contributed by atoms with Crippen LogP contribution >= 0.6 is 0 Å². The van der Waals surface area contributed by atoms with Gasteiger partial charge in [-0.25, -0.2) is 9.37 Å². The molecular formula is C22H21FN4O2. The molecule has 1 aromatic heterocycles. The van der Waals surface area contributed by atoms with E-state index in [1.54, 1.807) is 50.6 Å². The lowest BCUT2D eigenvalue weighted by molar-refractivity contribution is 0.415. The molecule has 0 saturated heterocycles. The van der Waals surface area contributed by atoms with Crippen molar-refractivity contribution in [1.82, 2.24) is 9.55 Å². The molecule has 0 atom stereocenters. The maximum atomic E-state index is 14.3. The van der Waals surface area contributed by atoms with Gasteiger partial charge in [0.25, 0.3) is 5.56 Å². The molecule has 3 aromatic rings. The Morgan fingerprint density at radius 3 is 2.48 bits per heavy atom. The number of aryl methyl sites for hydroxylation is 1. The molecule has 0 saturated carbocycles. The van der Waals surface area contributed by atoms with E-state index in [0.717, 1.165) is 0 Å². The van der Waals surface area contributed by atoms with Crippen LogP contribution in [0.25, 0.3) is 22.4 Å². The van der Waals surface area contributed by atoms with Gasteiger partial charge in [-0.15, -0.1) is 0 Å². The highest BCUT2D eigenvalue weighted by Crippen LogP contribution is 2.30. The number of benzene rings is 2. The van der Waals surface area contributed by atoms with Crippen LogP contribution in [-0.4, -0.2) is 23.2 Å². The maximum absolute atomic E-state index is 14.3. The molecule has 0 aliphatic carbocycles. The smallest absolute Gasteiger partial charge is 0.261 e. The molecule has 7 heteroatoms. The van der Waals surface area contributed by atoms with Gasteiger partial charge >= 0.3 is 0 Å². The number of aromatic nitrogens is 2. The molecule has 0 aliphatic rings. The SMILES string of the molecule is COc1ccc(-c2c(-c3ccc(C#N)c(F)c3)nc(CCCN)n(C)c2=O)cc1. The van der Waals surface area contributed by atoms with E-state index in [9.17, 15) is 9.18 Å². The van der Waals surface area contributed by atoms with Crippen molar-refractivity contribution in [3.8, 4) is 34.2 Å². The van der Waals surface area contributed by atoms with Crippen LogP contribution in [0.15, 0.2) is 47.3 Å². The summed E-state index contributed by atoms with van der Waals surface area (Å²) in [7, 11) is 3.23. The Hall–Kier alpha value is -3.50. The predicted octanol–water partition coefficient (Wildman–Crippen LogP) is 3.02. The molecule has 29 heavy (non-hydrogen) atoms. The number of rotatable bonds is 6. The van der Waals surface area contributed by atoms with Crippen LogP contribution in [0.4, 0.5) is 4.39 Å². The Morgan fingerprint density at radius 2 is 1.90 bits per heavy atom. The zero-order chi connectivity index (χ0) is 21.0. The number of methoxy groups -OCH3 is 1. The fourth-order valence-corrected chi connectivity index (χ4v) is 3.11. The normalized spacial score (nSPS) is 10.6. The van der Waals surface area contributed by atoms with E-state index in [-0.39, 0.29) is 11.1 Å². The Labute approximate surface area is 168 Å². The minimum atomic E-state index is -0.656. The van der Waals surface area contributed by atoms with Crippen LogP contribution in [0.1, 0.15) is 17.8 Å². The van der Waals surface area contributed by atoms with Gasteiger partial charge in [0, 0.05) is 19.0 Å². The summed E-state index contributed by atoms with van der Waals surface area (Å²) in [6, 6.07) is 13.1. The third-order valence-corrected chi connectivity index (χ3v) is 4.73. The molecule has 6 nitrogen and oxygen atoms in total. The first-order chi connectivity index (χ1) is 14.0. The number of hydrogen-bond donors (Lipinski definition) is 1. The van der Waals surface area contributed by atoms with E-state index in [1.807, 2.05) is 0 Å². The van der Waals surface area contributed by atoms with E-state index in [4.69, 9.17) is 15.7 Å². The Morgan fingerprint density at radius 1 is 1.21 bits per heavy atom. The van der Waals surface area contributed by atoms with Gasteiger partial charge in [0.2, 0.25) is 0 Å². The van der Waals surface area contributed by atoms with Crippen LogP contribution in [0, 0.1) is 17.1 Å². The first kappa shape index (κ1) is 20.2. The van der Waals surface area contributed by atoms with Gasteiger partial charge in [0.05, 0.1) is 23.9 Å². The molecule has 2 N–H and O–H groups in total. The first-order valence-corrected chi connectivity index (χ1v) is 9.14. The molecule has 148 valence electrons. The monoisotopic (exact) mass is 392 g/mol. The summed E-state index contributed by atoms with van der Waals surface area (Å²) in [6.45, 7) is 0.469. The lowest BCUT2D eigenvalue weighted by atomic mass is 9.99. The lowest BCUT2D eigenvalue weighted by Gasteiger charge is -2.15. The maximum Gasteiger partial charge on any atom is 0.261 e. The largest absolute Gasteiger partial charge is 0.497 e. The van der Waals surface area contributed by atoms with Crippen LogP contribution in [0.5, 0.6) is 5.75 Å². The van der Waals surface area contributed by atoms with Gasteiger partial charge in [-0.2, -0.15) is 5.26 Å². The fourth-order valence-electron chi connectivity index (χ4n) is 3.11. The van der Waals surface area contributed by atoms with Crippen LogP contribution in [0.2, 0.25) is 0 Å². The second-order valence-corrected chi connectivity index (χ2v) is 6.54. The Balaban J connectivity index is 2.28. The molecule has 0 aliphatic heterocycles. The van der Waals surface area contributed by atoms with Crippen molar-refractivity contribution in [2.45, 2.75) is 12.8 Å². The summed E-state index contributed by atoms with van der Waals surface area (Å²) in [5, 5.41) is 9.00. The second-order valence-electron chi connectivity index (χ2n) is 6.54. The summed E-state index contributed by atoms with van der Waals surface area (Å²) in [5.41, 5.74) is 7.10. The van der Waals surface area contributed by atoms with Gasteiger partial charge in [-0.3, -0.25) is 9.36 Å². The molecule has 0 fully saturated rings. The number of nitrogens with zero attached hydrogens (tertiary/aromatic N) is 3. The molecule has 0 spiro atoms. The minimum absolute atomic E-state index is 0.0630. The molecule has 0 unspecified atom stereocenters. The number of nitriles is 1. The summed E-state index contributed by atoms with van der Waals surface area (Å²) >= 11 is 0. The van der Waals surface area contributed by atoms with E-state index in [1.165, 1.54) is 16.7 Å². The Kier molecular flexibility index (Phi) is 6.05. The van der Waals surface area contributed by atoms with Crippen molar-refractivity contribution in [2.75, 3.05) is 13.7 Å². The van der Waals surface area contributed by atoms with Gasteiger partial charge in [-0.1, -0.05) is 18.2 Å². The summed E-state index contributed by atoms with van der Waals surface area (Å²) in [6.07, 6.45) is 1.19. The van der Waals surface area contributed by atoms with E-state index >= 15 is 0 Å². The predicted molar refractivity (Wildman–Crippen MR) is 109 cm³/mol. The van der Waals surface area contributed by atoms with Crippen molar-refractivity contribution in [2.24, 2.45) is 12.8 Å². The summed E-state index contributed by atoms with van der Waals surface area (Å²) < 4.78 is 21.0. The summed E-state index contributed by atoms with van der Waals surface area (Å²) in [5.74, 6) is 0.568. The van der Waals surface area contributed by atoms with Crippen molar-refractivity contribution in [3.05, 3.63) is 70.0 Å². The number of ether oxygens (including phenoxy) is 1. The van der Waals surface area contributed by atoms with Crippen molar-refractivity contribution in [3.63, 3.8) is 0 Å². The van der Waals surface area contributed by atoms with Crippen molar-refractivity contribution in [1.29, 1.82) is 5.26 Å². The van der Waals surface area contributed by atoms with Crippen molar-refractivity contribution < 1.29 is 9.13 Å². The number of hydrogen-bond acceptors (Lipinski definition) is 5. The average molecular weight is 392 g/mol. The van der Waals surface area contributed by atoms with Gasteiger partial charge < -0.3 is 10.5 Å². The van der Waals surface area contributed by atoms with Crippen LogP contribution < -0.4 is 16.0 Å². The van der Waals surface area contributed by atoms with Gasteiger partial charge in [0.15, 0.2) is 0 Å². The number of halogens is 1. The van der Waals surface area contributed by atoms with E-state index in [0.29, 0.717) is 53.3 Å². The highest BCUT2D eigenvalue weighted by atomic mass is 19.1. The topological polar surface area (TPSA) is 93.9 Å². The van der Waals surface area contributed by atoms with Crippen LogP contribution in [-0.2, 0) is 13.5 Å². The van der Waals surface area contributed by atoms with Crippen molar-refractivity contribution >= 4 is 0 Å². The molecule has 2 aromatic carbocycles. The minimum Gasteiger partial charge on any atom is -0.497 e. The third-order valence-electron chi connectivity index (χ3n) is 4.73. The molecular weight excluding hydrogens is 371 g/mol. The fraction of sp³-hybridized carbons (Fsp3) is 0.227. The third kappa shape index (κ3) is 4.03. The van der Waals surface area contributed by atoms with Crippen LogP contribution in [0.3, 0.4) is 0 Å².